The minimum Gasteiger partial charge on any atom is -0.370 e. The van der Waals surface area contributed by atoms with E-state index < -0.39 is 0 Å². The Morgan fingerprint density at radius 3 is 2.48 bits per heavy atom. The van der Waals surface area contributed by atoms with E-state index in [4.69, 9.17) is 5.73 Å². The van der Waals surface area contributed by atoms with E-state index in [0.29, 0.717) is 19.5 Å². The third-order valence-electron chi connectivity index (χ3n) is 3.40. The summed E-state index contributed by atoms with van der Waals surface area (Å²) in [6.07, 6.45) is 3.87. The maximum atomic E-state index is 11.1. The Hall–Kier alpha value is -2.27. The fraction of sp³-hybridized carbons (Fsp3) is 0.312. The van der Waals surface area contributed by atoms with Crippen molar-refractivity contribution in [2.24, 2.45) is 5.73 Å². The summed E-state index contributed by atoms with van der Waals surface area (Å²) in [5.74, 6) is -0.297. The summed E-state index contributed by atoms with van der Waals surface area (Å²) in [5, 5.41) is 0. The minimum atomic E-state index is -0.297. The lowest BCUT2D eigenvalue weighted by molar-refractivity contribution is -0.118. The van der Waals surface area contributed by atoms with Gasteiger partial charge < -0.3 is 5.73 Å². The minimum absolute atomic E-state index is 0.0903. The van der Waals surface area contributed by atoms with E-state index in [0.717, 1.165) is 11.4 Å². The third-order valence-corrected chi connectivity index (χ3v) is 3.40. The normalized spacial score (nSPS) is 12.3. The molecule has 21 heavy (non-hydrogen) atoms. The summed E-state index contributed by atoms with van der Waals surface area (Å²) in [5.41, 5.74) is 7.21. The molecule has 2 rings (SSSR count). The Labute approximate surface area is 124 Å². The van der Waals surface area contributed by atoms with E-state index in [1.165, 1.54) is 0 Å². The molecule has 0 radical (unpaired) electrons. The average Bonchev–Trinajstić information content (AvgIpc) is 2.52. The van der Waals surface area contributed by atoms with Crippen molar-refractivity contribution < 1.29 is 4.79 Å². The van der Waals surface area contributed by atoms with Crippen LogP contribution in [0.5, 0.6) is 0 Å². The number of hydrogen-bond donors (Lipinski definition) is 1. The molecule has 5 heteroatoms. The maximum Gasteiger partial charge on any atom is 0.218 e. The van der Waals surface area contributed by atoms with Gasteiger partial charge in [-0.1, -0.05) is 12.1 Å². The second kappa shape index (κ2) is 7.50. The monoisotopic (exact) mass is 284 g/mol. The molecule has 0 saturated heterocycles. The third kappa shape index (κ3) is 4.65. The summed E-state index contributed by atoms with van der Waals surface area (Å²) in [7, 11) is 0. The highest BCUT2D eigenvalue weighted by molar-refractivity contribution is 5.73. The fourth-order valence-corrected chi connectivity index (χ4v) is 2.17. The van der Waals surface area contributed by atoms with Crippen molar-refractivity contribution in [3.63, 3.8) is 0 Å². The van der Waals surface area contributed by atoms with Crippen molar-refractivity contribution in [3.05, 3.63) is 60.2 Å². The number of rotatable bonds is 7. The molecule has 1 unspecified atom stereocenters. The number of nitrogens with two attached hydrogens (primary N) is 1. The van der Waals surface area contributed by atoms with Gasteiger partial charge >= 0.3 is 0 Å². The standard InChI is InChI=1S/C16H20N4O/c1-13(15-7-3-5-10-19-15)20(11-8-16(17)21)12-14-6-2-4-9-18-14/h2-7,9-10,13H,8,11-12H2,1H3,(H2,17,21). The van der Waals surface area contributed by atoms with Gasteiger partial charge in [-0.3, -0.25) is 19.7 Å². The Kier molecular flexibility index (Phi) is 5.40. The van der Waals surface area contributed by atoms with Crippen LogP contribution < -0.4 is 5.73 Å². The number of primary amides is 1. The molecule has 2 heterocycles. The van der Waals surface area contributed by atoms with Crippen LogP contribution in [0.3, 0.4) is 0 Å². The molecule has 2 N–H and O–H groups in total. The Morgan fingerprint density at radius 2 is 1.90 bits per heavy atom. The average molecular weight is 284 g/mol. The zero-order chi connectivity index (χ0) is 15.1. The van der Waals surface area contributed by atoms with Crippen LogP contribution in [0.4, 0.5) is 0 Å². The van der Waals surface area contributed by atoms with Crippen LogP contribution in [0.2, 0.25) is 0 Å². The van der Waals surface area contributed by atoms with Gasteiger partial charge in [0.15, 0.2) is 0 Å². The zero-order valence-electron chi connectivity index (χ0n) is 12.1. The van der Waals surface area contributed by atoms with E-state index in [1.807, 2.05) is 36.4 Å². The number of amides is 1. The van der Waals surface area contributed by atoms with Crippen molar-refractivity contribution in [1.29, 1.82) is 0 Å². The molecule has 0 aliphatic carbocycles. The van der Waals surface area contributed by atoms with Gasteiger partial charge in [-0.25, -0.2) is 0 Å². The molecule has 0 aliphatic rings. The smallest absolute Gasteiger partial charge is 0.218 e. The summed E-state index contributed by atoms with van der Waals surface area (Å²) in [4.78, 5) is 22.0. The molecule has 0 fully saturated rings. The van der Waals surface area contributed by atoms with Gasteiger partial charge in [0.2, 0.25) is 5.91 Å². The first-order chi connectivity index (χ1) is 10.2. The molecule has 5 nitrogen and oxygen atoms in total. The summed E-state index contributed by atoms with van der Waals surface area (Å²) >= 11 is 0. The van der Waals surface area contributed by atoms with Crippen LogP contribution in [0.1, 0.15) is 30.8 Å². The highest BCUT2D eigenvalue weighted by Crippen LogP contribution is 2.20. The van der Waals surface area contributed by atoms with Crippen LogP contribution >= 0.6 is 0 Å². The van der Waals surface area contributed by atoms with Crippen molar-refractivity contribution in [2.45, 2.75) is 25.9 Å². The number of hydrogen-bond acceptors (Lipinski definition) is 4. The Balaban J connectivity index is 2.13. The van der Waals surface area contributed by atoms with Crippen molar-refractivity contribution in [2.75, 3.05) is 6.54 Å². The first-order valence-corrected chi connectivity index (χ1v) is 7.00. The molecule has 0 saturated carbocycles. The molecule has 2 aromatic rings. The molecule has 1 atom stereocenters. The Bertz CT molecular complexity index is 559. The van der Waals surface area contributed by atoms with Gasteiger partial charge in [0.1, 0.15) is 0 Å². The highest BCUT2D eigenvalue weighted by Gasteiger charge is 2.18. The molecule has 0 aromatic carbocycles. The Morgan fingerprint density at radius 1 is 1.19 bits per heavy atom. The van der Waals surface area contributed by atoms with Crippen LogP contribution in [0, 0.1) is 0 Å². The number of pyridine rings is 2. The summed E-state index contributed by atoms with van der Waals surface area (Å²) in [6, 6.07) is 11.8. The second-order valence-corrected chi connectivity index (χ2v) is 4.94. The number of nitrogens with zero attached hydrogens (tertiary/aromatic N) is 3. The summed E-state index contributed by atoms with van der Waals surface area (Å²) in [6.45, 7) is 3.32. The van der Waals surface area contributed by atoms with E-state index in [2.05, 4.69) is 21.8 Å². The summed E-state index contributed by atoms with van der Waals surface area (Å²) < 4.78 is 0. The van der Waals surface area contributed by atoms with Gasteiger partial charge in [-0.05, 0) is 31.2 Å². The first-order valence-electron chi connectivity index (χ1n) is 7.00. The van der Waals surface area contributed by atoms with Crippen molar-refractivity contribution >= 4 is 5.91 Å². The van der Waals surface area contributed by atoms with Gasteiger partial charge in [-0.15, -0.1) is 0 Å². The zero-order valence-corrected chi connectivity index (χ0v) is 12.1. The highest BCUT2D eigenvalue weighted by atomic mass is 16.1. The topological polar surface area (TPSA) is 72.1 Å². The van der Waals surface area contributed by atoms with E-state index >= 15 is 0 Å². The first kappa shape index (κ1) is 15.1. The van der Waals surface area contributed by atoms with Crippen LogP contribution in [0.15, 0.2) is 48.8 Å². The number of carbonyl (C=O) groups excluding carboxylic acids is 1. The quantitative estimate of drug-likeness (QED) is 0.843. The van der Waals surface area contributed by atoms with Gasteiger partial charge in [0, 0.05) is 37.9 Å². The van der Waals surface area contributed by atoms with E-state index in [-0.39, 0.29) is 11.9 Å². The molecule has 0 bridgehead atoms. The number of aromatic nitrogens is 2. The van der Waals surface area contributed by atoms with Crippen molar-refractivity contribution in [3.8, 4) is 0 Å². The van der Waals surface area contributed by atoms with Gasteiger partial charge in [-0.2, -0.15) is 0 Å². The predicted molar refractivity (Wildman–Crippen MR) is 81.1 cm³/mol. The molecule has 1 amide bonds. The fourth-order valence-electron chi connectivity index (χ4n) is 2.17. The van der Waals surface area contributed by atoms with Crippen LogP contribution in [-0.4, -0.2) is 27.3 Å². The number of carbonyl (C=O) groups is 1. The van der Waals surface area contributed by atoms with E-state index in [9.17, 15) is 4.79 Å². The van der Waals surface area contributed by atoms with Crippen molar-refractivity contribution in [1.82, 2.24) is 14.9 Å². The lowest BCUT2D eigenvalue weighted by Crippen LogP contribution is -2.31. The molecule has 0 aliphatic heterocycles. The van der Waals surface area contributed by atoms with Crippen LogP contribution in [-0.2, 0) is 11.3 Å². The van der Waals surface area contributed by atoms with Gasteiger partial charge in [0.25, 0.3) is 0 Å². The lowest BCUT2D eigenvalue weighted by Gasteiger charge is -2.28. The van der Waals surface area contributed by atoms with Gasteiger partial charge in [0.05, 0.1) is 11.4 Å². The largest absolute Gasteiger partial charge is 0.370 e. The molecule has 110 valence electrons. The molecular weight excluding hydrogens is 264 g/mol. The molecular formula is C16H20N4O. The molecule has 2 aromatic heterocycles. The second-order valence-electron chi connectivity index (χ2n) is 4.94. The maximum absolute atomic E-state index is 11.1. The lowest BCUT2D eigenvalue weighted by atomic mass is 10.1. The molecule has 0 spiro atoms. The van der Waals surface area contributed by atoms with Crippen LogP contribution in [0.25, 0.3) is 0 Å². The van der Waals surface area contributed by atoms with E-state index in [1.54, 1.807) is 12.4 Å². The SMILES string of the molecule is CC(c1ccccn1)N(CCC(N)=O)Cc1ccccn1. The predicted octanol–water partition coefficient (Wildman–Crippen LogP) is 1.92.